The minimum Gasteiger partial charge on any atom is -0.508 e. The van der Waals surface area contributed by atoms with Gasteiger partial charge in [-0.3, -0.25) is 4.79 Å². The number of ketones is 1. The van der Waals surface area contributed by atoms with Gasteiger partial charge in [0.2, 0.25) is 5.78 Å². The fraction of sp³-hybridized carbons (Fsp3) is 0.367. The Balaban J connectivity index is 1.94. The van der Waals surface area contributed by atoms with Crippen molar-refractivity contribution in [1.82, 2.24) is 0 Å². The molecule has 1 heterocycles. The van der Waals surface area contributed by atoms with Crippen molar-refractivity contribution in [2.75, 3.05) is 0 Å². The lowest BCUT2D eigenvalue weighted by Gasteiger charge is -2.32. The Bertz CT molecular complexity index is 1230. The van der Waals surface area contributed by atoms with Gasteiger partial charge in [-0.2, -0.15) is 0 Å². The Morgan fingerprint density at radius 3 is 2.25 bits per heavy atom. The summed E-state index contributed by atoms with van der Waals surface area (Å²) in [7, 11) is 0. The summed E-state index contributed by atoms with van der Waals surface area (Å²) in [5.74, 6) is -1.13. The minimum atomic E-state index is -1.55. The second-order valence-electron chi connectivity index (χ2n) is 9.89. The van der Waals surface area contributed by atoms with Crippen molar-refractivity contribution in [3.8, 4) is 23.0 Å². The third-order valence-electron chi connectivity index (χ3n) is 6.29. The van der Waals surface area contributed by atoms with Crippen LogP contribution in [0.5, 0.6) is 23.0 Å². The van der Waals surface area contributed by atoms with E-state index in [9.17, 15) is 25.2 Å². The lowest BCUT2D eigenvalue weighted by Crippen LogP contribution is -2.36. The van der Waals surface area contributed by atoms with Crippen molar-refractivity contribution in [3.05, 3.63) is 81.5 Å². The normalized spacial score (nSPS) is 17.3. The number of ether oxygens (including phenoxy) is 1. The van der Waals surface area contributed by atoms with E-state index < -0.39 is 23.7 Å². The summed E-state index contributed by atoms with van der Waals surface area (Å²) in [6.07, 6.45) is 6.17. The highest BCUT2D eigenvalue weighted by Gasteiger charge is 2.40. The number of rotatable bonds is 8. The Kier molecular flexibility index (Phi) is 8.64. The van der Waals surface area contributed by atoms with Crippen LogP contribution in [0.1, 0.15) is 80.6 Å². The van der Waals surface area contributed by atoms with Crippen LogP contribution >= 0.6 is 0 Å². The molecule has 6 heteroatoms. The quantitative estimate of drug-likeness (QED) is 0.326. The summed E-state index contributed by atoms with van der Waals surface area (Å²) >= 11 is 0. The summed E-state index contributed by atoms with van der Waals surface area (Å²) < 4.78 is 6.10. The van der Waals surface area contributed by atoms with Gasteiger partial charge in [-0.25, -0.2) is 0 Å². The zero-order valence-electron chi connectivity index (χ0n) is 21.6. The molecule has 6 nitrogen and oxygen atoms in total. The lowest BCUT2D eigenvalue weighted by molar-refractivity contribution is 0.0206. The monoisotopic (exact) mass is 492 g/mol. The number of phenols is 3. The molecule has 192 valence electrons. The SMILES string of the molecule is CC(C)=CCCC(C)=CCc1cc(C2Oc3c(CC=C(C)C)c(O)cc(O)c3C(=O)C2O)ccc1O. The van der Waals surface area contributed by atoms with Crippen LogP contribution in [0.2, 0.25) is 0 Å². The van der Waals surface area contributed by atoms with Crippen LogP contribution in [0, 0.1) is 0 Å². The molecule has 0 aliphatic carbocycles. The number of phenolic OH excluding ortho intramolecular Hbond substituents is 3. The molecule has 0 fully saturated rings. The molecule has 3 rings (SSSR count). The van der Waals surface area contributed by atoms with Crippen LogP contribution in [-0.4, -0.2) is 32.3 Å². The number of aliphatic hydroxyl groups excluding tert-OH is 1. The van der Waals surface area contributed by atoms with Crippen molar-refractivity contribution in [1.29, 1.82) is 0 Å². The topological polar surface area (TPSA) is 107 Å². The highest BCUT2D eigenvalue weighted by molar-refractivity contribution is 6.06. The van der Waals surface area contributed by atoms with Gasteiger partial charge in [0.05, 0.1) is 0 Å². The molecule has 0 amide bonds. The van der Waals surface area contributed by atoms with Crippen LogP contribution in [0.3, 0.4) is 0 Å². The van der Waals surface area contributed by atoms with Gasteiger partial charge in [-0.15, -0.1) is 0 Å². The third kappa shape index (κ3) is 6.18. The number of allylic oxidation sites excluding steroid dienone is 6. The van der Waals surface area contributed by atoms with Crippen LogP contribution in [0.4, 0.5) is 0 Å². The van der Waals surface area contributed by atoms with Crippen molar-refractivity contribution in [2.24, 2.45) is 0 Å². The third-order valence-corrected chi connectivity index (χ3v) is 6.29. The molecule has 36 heavy (non-hydrogen) atoms. The first-order valence-electron chi connectivity index (χ1n) is 12.2. The van der Waals surface area contributed by atoms with Crippen LogP contribution in [0.15, 0.2) is 59.2 Å². The van der Waals surface area contributed by atoms with Crippen LogP contribution < -0.4 is 4.74 Å². The number of fused-ring (bicyclic) bond motifs is 1. The van der Waals surface area contributed by atoms with Crippen molar-refractivity contribution >= 4 is 5.78 Å². The van der Waals surface area contributed by atoms with E-state index in [2.05, 4.69) is 32.9 Å². The number of carbonyl (C=O) groups is 1. The van der Waals surface area contributed by atoms with Gasteiger partial charge in [-0.1, -0.05) is 41.0 Å². The molecule has 0 aromatic heterocycles. The Labute approximate surface area is 212 Å². The molecule has 1 aliphatic heterocycles. The molecule has 0 bridgehead atoms. The lowest BCUT2D eigenvalue weighted by atomic mass is 9.89. The van der Waals surface area contributed by atoms with Crippen LogP contribution in [-0.2, 0) is 12.8 Å². The molecular formula is C30H36O6. The second-order valence-corrected chi connectivity index (χ2v) is 9.89. The molecule has 2 aromatic carbocycles. The van der Waals surface area contributed by atoms with E-state index in [-0.39, 0.29) is 22.8 Å². The molecule has 0 radical (unpaired) electrons. The van der Waals surface area contributed by atoms with E-state index in [4.69, 9.17) is 4.74 Å². The summed E-state index contributed by atoms with van der Waals surface area (Å²) in [5.41, 5.74) is 4.88. The van der Waals surface area contributed by atoms with Gasteiger partial charge in [0.1, 0.15) is 28.6 Å². The smallest absolute Gasteiger partial charge is 0.202 e. The zero-order valence-corrected chi connectivity index (χ0v) is 21.6. The summed E-state index contributed by atoms with van der Waals surface area (Å²) in [6, 6.07) is 5.96. The van der Waals surface area contributed by atoms with Crippen molar-refractivity contribution < 1.29 is 30.0 Å². The number of hydrogen-bond donors (Lipinski definition) is 4. The molecule has 0 saturated carbocycles. The van der Waals surface area contributed by atoms with E-state index in [1.165, 1.54) is 17.2 Å². The minimum absolute atomic E-state index is 0.0648. The molecule has 0 spiro atoms. The predicted octanol–water partition coefficient (Wildman–Crippen LogP) is 6.22. The van der Waals surface area contributed by atoms with E-state index >= 15 is 0 Å². The van der Waals surface area contributed by atoms with E-state index in [1.54, 1.807) is 12.1 Å². The average Bonchev–Trinajstić information content (AvgIpc) is 2.79. The number of hydrogen-bond acceptors (Lipinski definition) is 6. The first kappa shape index (κ1) is 27.1. The molecule has 4 N–H and O–H groups in total. The van der Waals surface area contributed by atoms with Gasteiger partial charge in [0, 0.05) is 11.6 Å². The molecular weight excluding hydrogens is 456 g/mol. The number of benzene rings is 2. The molecule has 0 saturated heterocycles. The van der Waals surface area contributed by atoms with E-state index in [0.717, 1.165) is 24.5 Å². The fourth-order valence-corrected chi connectivity index (χ4v) is 4.19. The van der Waals surface area contributed by atoms with Gasteiger partial charge < -0.3 is 25.2 Å². The number of aliphatic hydroxyl groups is 1. The number of Topliss-reactive ketones (excluding diaryl/α,β-unsaturated/α-hetero) is 1. The standard InChI is InChI=1S/C30H36O6/c1-17(2)7-6-8-19(5)10-11-20-15-21(12-14-23(20)31)29-28(35)27(34)26-25(33)16-24(32)22(30(26)36-29)13-9-18(3)4/h7,9-10,12,14-16,28-29,31-33,35H,6,8,11,13H2,1-5H3. The average molecular weight is 493 g/mol. The Morgan fingerprint density at radius 1 is 0.889 bits per heavy atom. The Hall–Kier alpha value is -3.51. The van der Waals surface area contributed by atoms with Gasteiger partial charge in [0.15, 0.2) is 12.2 Å². The largest absolute Gasteiger partial charge is 0.508 e. The number of carbonyl (C=O) groups excluding carboxylic acids is 1. The predicted molar refractivity (Wildman–Crippen MR) is 141 cm³/mol. The summed E-state index contributed by atoms with van der Waals surface area (Å²) in [6.45, 7) is 10.0. The highest BCUT2D eigenvalue weighted by atomic mass is 16.5. The second kappa shape index (κ2) is 11.5. The highest BCUT2D eigenvalue weighted by Crippen LogP contribution is 2.46. The first-order valence-corrected chi connectivity index (χ1v) is 12.2. The molecule has 2 unspecified atom stereocenters. The molecule has 2 atom stereocenters. The number of aromatic hydroxyl groups is 3. The first-order chi connectivity index (χ1) is 17.0. The van der Waals surface area contributed by atoms with Gasteiger partial charge >= 0.3 is 0 Å². The van der Waals surface area contributed by atoms with Gasteiger partial charge in [0.25, 0.3) is 0 Å². The zero-order chi connectivity index (χ0) is 26.6. The summed E-state index contributed by atoms with van der Waals surface area (Å²) in [5, 5.41) is 42.1. The maximum atomic E-state index is 13.1. The van der Waals surface area contributed by atoms with Crippen molar-refractivity contribution in [2.45, 2.75) is 72.5 Å². The molecule has 1 aliphatic rings. The summed E-state index contributed by atoms with van der Waals surface area (Å²) in [4.78, 5) is 13.1. The van der Waals surface area contributed by atoms with Gasteiger partial charge in [-0.05, 0) is 83.6 Å². The van der Waals surface area contributed by atoms with E-state index in [0.29, 0.717) is 29.5 Å². The maximum Gasteiger partial charge on any atom is 0.202 e. The Morgan fingerprint density at radius 2 is 1.58 bits per heavy atom. The van der Waals surface area contributed by atoms with E-state index in [1.807, 2.05) is 19.9 Å². The van der Waals surface area contributed by atoms with Crippen molar-refractivity contribution in [3.63, 3.8) is 0 Å². The maximum absolute atomic E-state index is 13.1. The fourth-order valence-electron chi connectivity index (χ4n) is 4.19. The van der Waals surface area contributed by atoms with Crippen LogP contribution in [0.25, 0.3) is 0 Å². The molecule has 2 aromatic rings.